The standard InChI is InChI=1S/C22H26ClFN6O/c1-13(2)6-19(31)30-5-3-4-14(12-30)8-25-22-18(24)11-28-21(29-22)17-10-27-20-16(17)7-15(23)9-26-20/h6-7,9-11,14,21,25,29H,3-5,8,12H2,1-2H3,(H,26,27)/t14-,21?/m1/s1. The number of carbonyl (C=O) groups is 1. The number of piperidine rings is 1. The number of hydrogen-bond acceptors (Lipinski definition) is 5. The van der Waals surface area contributed by atoms with E-state index in [0.29, 0.717) is 29.6 Å². The summed E-state index contributed by atoms with van der Waals surface area (Å²) >= 11 is 6.09. The monoisotopic (exact) mass is 444 g/mol. The summed E-state index contributed by atoms with van der Waals surface area (Å²) in [5, 5.41) is 7.68. The number of aromatic nitrogens is 2. The fourth-order valence-corrected chi connectivity index (χ4v) is 4.14. The molecule has 0 radical (unpaired) electrons. The Morgan fingerprint density at radius 1 is 1.45 bits per heavy atom. The zero-order valence-electron chi connectivity index (χ0n) is 17.6. The van der Waals surface area contributed by atoms with Gasteiger partial charge in [0.05, 0.1) is 11.2 Å². The van der Waals surface area contributed by atoms with E-state index < -0.39 is 12.0 Å². The van der Waals surface area contributed by atoms with Crippen LogP contribution in [-0.2, 0) is 4.79 Å². The molecule has 4 rings (SSSR count). The Morgan fingerprint density at radius 2 is 2.29 bits per heavy atom. The molecule has 164 valence electrons. The zero-order chi connectivity index (χ0) is 22.0. The molecule has 3 N–H and O–H groups in total. The number of H-pyrrole nitrogens is 1. The number of aliphatic imine (C=N–C) groups is 1. The minimum atomic E-state index is -0.460. The first kappa shape index (κ1) is 21.4. The molecule has 7 nitrogen and oxygen atoms in total. The highest BCUT2D eigenvalue weighted by atomic mass is 35.5. The lowest BCUT2D eigenvalue weighted by Crippen LogP contribution is -2.43. The van der Waals surface area contributed by atoms with Gasteiger partial charge < -0.3 is 20.5 Å². The molecule has 0 bridgehead atoms. The third kappa shape index (κ3) is 4.90. The minimum absolute atomic E-state index is 0.0460. The molecule has 0 aliphatic carbocycles. The van der Waals surface area contributed by atoms with Crippen molar-refractivity contribution in [2.24, 2.45) is 10.9 Å². The van der Waals surface area contributed by atoms with Crippen molar-refractivity contribution in [2.45, 2.75) is 32.9 Å². The van der Waals surface area contributed by atoms with Crippen molar-refractivity contribution in [1.29, 1.82) is 0 Å². The van der Waals surface area contributed by atoms with Gasteiger partial charge >= 0.3 is 0 Å². The molecular formula is C22H26ClFN6O. The van der Waals surface area contributed by atoms with Crippen LogP contribution in [0.25, 0.3) is 11.0 Å². The van der Waals surface area contributed by atoms with Crippen LogP contribution in [0, 0.1) is 5.92 Å². The van der Waals surface area contributed by atoms with E-state index in [4.69, 9.17) is 11.6 Å². The van der Waals surface area contributed by atoms with Crippen LogP contribution in [0.1, 0.15) is 38.4 Å². The van der Waals surface area contributed by atoms with Gasteiger partial charge in [-0.1, -0.05) is 17.2 Å². The number of amides is 1. The van der Waals surface area contributed by atoms with Gasteiger partial charge in [-0.3, -0.25) is 9.79 Å². The summed E-state index contributed by atoms with van der Waals surface area (Å²) in [7, 11) is 0. The molecule has 0 saturated carbocycles. The predicted octanol–water partition coefficient (Wildman–Crippen LogP) is 3.82. The van der Waals surface area contributed by atoms with Crippen molar-refractivity contribution < 1.29 is 9.18 Å². The molecule has 2 aromatic rings. The Bertz CT molecular complexity index is 1070. The second-order valence-electron chi connectivity index (χ2n) is 8.24. The maximum absolute atomic E-state index is 14.4. The molecule has 2 atom stereocenters. The molecule has 2 aliphatic heterocycles. The van der Waals surface area contributed by atoms with E-state index in [2.05, 4.69) is 25.6 Å². The van der Waals surface area contributed by atoms with E-state index in [9.17, 15) is 9.18 Å². The van der Waals surface area contributed by atoms with Crippen LogP contribution < -0.4 is 10.6 Å². The molecule has 31 heavy (non-hydrogen) atoms. The highest BCUT2D eigenvalue weighted by molar-refractivity contribution is 6.31. The average Bonchev–Trinajstić information content (AvgIpc) is 3.16. The highest BCUT2D eigenvalue weighted by Gasteiger charge is 2.25. The van der Waals surface area contributed by atoms with E-state index >= 15 is 0 Å². The Balaban J connectivity index is 1.40. The van der Waals surface area contributed by atoms with E-state index in [1.54, 1.807) is 18.5 Å². The van der Waals surface area contributed by atoms with Crippen LogP contribution in [-0.4, -0.2) is 46.6 Å². The third-order valence-corrected chi connectivity index (χ3v) is 5.70. The Morgan fingerprint density at radius 3 is 3.10 bits per heavy atom. The molecule has 1 unspecified atom stereocenters. The largest absolute Gasteiger partial charge is 0.369 e. The van der Waals surface area contributed by atoms with Gasteiger partial charge in [-0.15, -0.1) is 0 Å². The summed E-state index contributed by atoms with van der Waals surface area (Å²) in [6.07, 6.45) is 7.75. The van der Waals surface area contributed by atoms with Crippen LogP contribution >= 0.6 is 11.6 Å². The van der Waals surface area contributed by atoms with Crippen molar-refractivity contribution in [2.75, 3.05) is 19.6 Å². The maximum atomic E-state index is 14.4. The average molecular weight is 445 g/mol. The van der Waals surface area contributed by atoms with Crippen molar-refractivity contribution in [1.82, 2.24) is 25.5 Å². The number of allylic oxidation sites excluding steroid dienone is 2. The van der Waals surface area contributed by atoms with Crippen LogP contribution in [0.2, 0.25) is 5.02 Å². The molecule has 4 heterocycles. The molecule has 2 aliphatic rings. The van der Waals surface area contributed by atoms with Gasteiger partial charge in [-0.05, 0) is 38.7 Å². The summed E-state index contributed by atoms with van der Waals surface area (Å²) < 4.78 is 14.4. The lowest BCUT2D eigenvalue weighted by atomic mass is 9.97. The number of fused-ring (bicyclic) bond motifs is 1. The van der Waals surface area contributed by atoms with E-state index in [-0.39, 0.29) is 11.8 Å². The summed E-state index contributed by atoms with van der Waals surface area (Å²) in [4.78, 5) is 25.8. The quantitative estimate of drug-likeness (QED) is 0.612. The van der Waals surface area contributed by atoms with Crippen molar-refractivity contribution in [3.8, 4) is 0 Å². The summed E-state index contributed by atoms with van der Waals surface area (Å²) in [6.45, 7) is 5.83. The molecule has 9 heteroatoms. The first-order valence-electron chi connectivity index (χ1n) is 10.4. The van der Waals surface area contributed by atoms with Gasteiger partial charge in [0.15, 0.2) is 5.83 Å². The van der Waals surface area contributed by atoms with Crippen LogP contribution in [0.5, 0.6) is 0 Å². The van der Waals surface area contributed by atoms with Gasteiger partial charge in [0, 0.05) is 49.1 Å². The smallest absolute Gasteiger partial charge is 0.246 e. The van der Waals surface area contributed by atoms with Crippen LogP contribution in [0.15, 0.2) is 46.7 Å². The lowest BCUT2D eigenvalue weighted by Gasteiger charge is -2.33. The number of rotatable bonds is 5. The van der Waals surface area contributed by atoms with Gasteiger partial charge in [0.25, 0.3) is 0 Å². The number of hydrogen-bond donors (Lipinski definition) is 3. The number of likely N-dealkylation sites (tertiary alicyclic amines) is 1. The summed E-state index contributed by atoms with van der Waals surface area (Å²) in [5.41, 5.74) is 2.52. The number of aromatic amines is 1. The Hall–Kier alpha value is -2.87. The van der Waals surface area contributed by atoms with Crippen LogP contribution in [0.3, 0.4) is 0 Å². The van der Waals surface area contributed by atoms with Gasteiger partial charge in [0.1, 0.15) is 17.6 Å². The lowest BCUT2D eigenvalue weighted by molar-refractivity contribution is -0.127. The molecule has 2 aromatic heterocycles. The van der Waals surface area contributed by atoms with E-state index in [0.717, 1.165) is 35.9 Å². The van der Waals surface area contributed by atoms with Crippen LogP contribution in [0.4, 0.5) is 4.39 Å². The number of nitrogens with one attached hydrogen (secondary N) is 3. The number of halogens is 2. The highest BCUT2D eigenvalue weighted by Crippen LogP contribution is 2.28. The zero-order valence-corrected chi connectivity index (χ0v) is 18.3. The molecule has 1 saturated heterocycles. The second kappa shape index (κ2) is 9.09. The van der Waals surface area contributed by atoms with Crippen molar-refractivity contribution >= 4 is 34.8 Å². The first-order chi connectivity index (χ1) is 14.9. The molecule has 1 amide bonds. The number of nitrogens with zero attached hydrogens (tertiary/aromatic N) is 3. The number of carbonyl (C=O) groups excluding carboxylic acids is 1. The fourth-order valence-electron chi connectivity index (χ4n) is 3.98. The van der Waals surface area contributed by atoms with E-state index in [1.165, 1.54) is 6.21 Å². The van der Waals surface area contributed by atoms with Crippen molar-refractivity contribution in [3.63, 3.8) is 0 Å². The summed E-state index contributed by atoms with van der Waals surface area (Å²) in [5.74, 6) is 0.154. The topological polar surface area (TPSA) is 85.4 Å². The first-order valence-corrected chi connectivity index (χ1v) is 10.8. The number of pyridine rings is 1. The second-order valence-corrected chi connectivity index (χ2v) is 8.67. The van der Waals surface area contributed by atoms with Gasteiger partial charge in [-0.25, -0.2) is 9.37 Å². The normalized spacial score (nSPS) is 21.2. The third-order valence-electron chi connectivity index (χ3n) is 5.49. The molecular weight excluding hydrogens is 419 g/mol. The molecule has 1 fully saturated rings. The minimum Gasteiger partial charge on any atom is -0.369 e. The van der Waals surface area contributed by atoms with E-state index in [1.807, 2.05) is 24.8 Å². The Kier molecular flexibility index (Phi) is 6.27. The SMILES string of the molecule is CC(C)=CC(=O)N1CCC[C@H](CNC2=C(F)C=NC(c3c[nH]c4ncc(Cl)cc34)N2)C1. The van der Waals surface area contributed by atoms with Gasteiger partial charge in [0.2, 0.25) is 5.91 Å². The molecule has 0 spiro atoms. The predicted molar refractivity (Wildman–Crippen MR) is 120 cm³/mol. The Labute approximate surface area is 185 Å². The maximum Gasteiger partial charge on any atom is 0.246 e. The van der Waals surface area contributed by atoms with Gasteiger partial charge in [-0.2, -0.15) is 0 Å². The fraction of sp³-hybridized carbons (Fsp3) is 0.409. The van der Waals surface area contributed by atoms with Crippen molar-refractivity contribution in [3.05, 3.63) is 52.3 Å². The molecule has 0 aromatic carbocycles. The summed E-state index contributed by atoms with van der Waals surface area (Å²) in [6, 6.07) is 1.81.